The molecule has 7 heteroatoms. The summed E-state index contributed by atoms with van der Waals surface area (Å²) in [5, 5.41) is 10.7. The van der Waals surface area contributed by atoms with E-state index in [1.807, 2.05) is 24.3 Å². The molecular weight excluding hydrogens is 429 g/mol. The van der Waals surface area contributed by atoms with Crippen molar-refractivity contribution in [2.45, 2.75) is 4.90 Å². The first-order valence-electron chi connectivity index (χ1n) is 9.49. The van der Waals surface area contributed by atoms with Crippen molar-refractivity contribution in [2.75, 3.05) is 4.72 Å². The maximum Gasteiger partial charge on any atom is 0.338 e. The molecule has 0 bridgehead atoms. The van der Waals surface area contributed by atoms with Crippen molar-refractivity contribution in [1.82, 2.24) is 0 Å². The van der Waals surface area contributed by atoms with Gasteiger partial charge in [0.25, 0.3) is 10.0 Å². The molecule has 0 spiro atoms. The normalized spacial score (nSPS) is 10.9. The smallest absolute Gasteiger partial charge is 0.338 e. The fourth-order valence-electron chi connectivity index (χ4n) is 3.13. The summed E-state index contributed by atoms with van der Waals surface area (Å²) in [6, 6.07) is 22.5. The highest BCUT2D eigenvalue weighted by molar-refractivity contribution is 7.92. The van der Waals surface area contributed by atoms with Crippen LogP contribution in [0.15, 0.2) is 89.8 Å². The molecule has 4 aromatic carbocycles. The van der Waals surface area contributed by atoms with Crippen LogP contribution in [-0.2, 0) is 10.0 Å². The van der Waals surface area contributed by atoms with Crippen LogP contribution >= 0.6 is 0 Å². The average Bonchev–Trinajstić information content (AvgIpc) is 2.77. The second kappa shape index (κ2) is 8.53. The fourth-order valence-corrected chi connectivity index (χ4v) is 4.24. The summed E-state index contributed by atoms with van der Waals surface area (Å²) < 4.78 is 42.4. The first-order valence-corrected chi connectivity index (χ1v) is 11.0. The molecule has 2 N–H and O–H groups in total. The predicted octanol–water partition coefficient (Wildman–Crippen LogP) is 4.88. The number of aromatic carboxylic acids is 1. The topological polar surface area (TPSA) is 83.5 Å². The molecular formula is C25H16FNO4S. The van der Waals surface area contributed by atoms with E-state index in [1.165, 1.54) is 12.1 Å². The summed E-state index contributed by atoms with van der Waals surface area (Å²) in [7, 11) is -3.88. The zero-order valence-electron chi connectivity index (χ0n) is 16.5. The van der Waals surface area contributed by atoms with E-state index < -0.39 is 27.4 Å². The third-order valence-corrected chi connectivity index (χ3v) is 6.11. The maximum absolute atomic E-state index is 13.9. The van der Waals surface area contributed by atoms with Gasteiger partial charge in [-0.05, 0) is 53.2 Å². The summed E-state index contributed by atoms with van der Waals surface area (Å²) in [6.07, 6.45) is 0. The Kier molecular flexibility index (Phi) is 5.63. The lowest BCUT2D eigenvalue weighted by Crippen LogP contribution is -2.13. The minimum Gasteiger partial charge on any atom is -0.478 e. The molecule has 0 amide bonds. The summed E-state index contributed by atoms with van der Waals surface area (Å²) in [5.41, 5.74) is 0.481. The van der Waals surface area contributed by atoms with Gasteiger partial charge in [0.1, 0.15) is 5.82 Å². The van der Waals surface area contributed by atoms with E-state index >= 15 is 0 Å². The van der Waals surface area contributed by atoms with Gasteiger partial charge in [0, 0.05) is 11.1 Å². The van der Waals surface area contributed by atoms with Crippen molar-refractivity contribution in [2.24, 2.45) is 0 Å². The Morgan fingerprint density at radius 1 is 0.844 bits per heavy atom. The first kappa shape index (κ1) is 21.1. The zero-order valence-corrected chi connectivity index (χ0v) is 17.4. The van der Waals surface area contributed by atoms with Gasteiger partial charge >= 0.3 is 5.97 Å². The van der Waals surface area contributed by atoms with E-state index in [2.05, 4.69) is 16.6 Å². The van der Waals surface area contributed by atoms with E-state index in [1.54, 1.807) is 36.4 Å². The van der Waals surface area contributed by atoms with Crippen molar-refractivity contribution in [1.29, 1.82) is 0 Å². The minimum absolute atomic E-state index is 0.116. The number of carboxylic acid groups (broad SMARTS) is 1. The van der Waals surface area contributed by atoms with Crippen LogP contribution in [0.4, 0.5) is 10.1 Å². The average molecular weight is 445 g/mol. The van der Waals surface area contributed by atoms with Gasteiger partial charge in [0.15, 0.2) is 0 Å². The molecule has 0 aliphatic rings. The largest absolute Gasteiger partial charge is 0.478 e. The molecule has 0 radical (unpaired) electrons. The predicted molar refractivity (Wildman–Crippen MR) is 121 cm³/mol. The van der Waals surface area contributed by atoms with Gasteiger partial charge in [-0.3, -0.25) is 4.72 Å². The summed E-state index contributed by atoms with van der Waals surface area (Å²) in [4.78, 5) is 11.1. The Balaban J connectivity index is 1.65. The second-order valence-corrected chi connectivity index (χ2v) is 8.59. The van der Waals surface area contributed by atoms with Crippen LogP contribution in [-0.4, -0.2) is 19.5 Å². The highest BCUT2D eigenvalue weighted by atomic mass is 32.2. The number of sulfonamides is 1. The molecule has 0 aromatic heterocycles. The first-order chi connectivity index (χ1) is 15.3. The van der Waals surface area contributed by atoms with E-state index in [-0.39, 0.29) is 16.1 Å². The van der Waals surface area contributed by atoms with Crippen LogP contribution in [0.2, 0.25) is 0 Å². The highest BCUT2D eigenvalue weighted by Crippen LogP contribution is 2.23. The summed E-state index contributed by atoms with van der Waals surface area (Å²) >= 11 is 0. The van der Waals surface area contributed by atoms with Gasteiger partial charge in [-0.1, -0.05) is 54.3 Å². The van der Waals surface area contributed by atoms with Gasteiger partial charge in [0.05, 0.1) is 16.1 Å². The number of anilines is 1. The molecule has 0 fully saturated rings. The Hall–Kier alpha value is -4.15. The molecule has 0 atom stereocenters. The molecule has 158 valence electrons. The quantitative estimate of drug-likeness (QED) is 0.439. The fraction of sp³-hybridized carbons (Fsp3) is 0. The molecule has 4 aromatic rings. The number of hydrogen-bond acceptors (Lipinski definition) is 3. The van der Waals surface area contributed by atoms with Crippen molar-refractivity contribution in [3.05, 3.63) is 107 Å². The highest BCUT2D eigenvalue weighted by Gasteiger charge is 2.16. The minimum atomic E-state index is -3.88. The number of carboxylic acids is 1. The third-order valence-electron chi connectivity index (χ3n) is 4.74. The number of carbonyl (C=O) groups is 1. The molecule has 0 aliphatic carbocycles. The van der Waals surface area contributed by atoms with Crippen LogP contribution in [0.3, 0.4) is 0 Å². The van der Waals surface area contributed by atoms with Gasteiger partial charge in [-0.15, -0.1) is 0 Å². The molecule has 0 saturated heterocycles. The number of nitrogens with one attached hydrogen (secondary N) is 1. The molecule has 0 saturated carbocycles. The Labute approximate surface area is 184 Å². The van der Waals surface area contributed by atoms with Crippen LogP contribution in [0.5, 0.6) is 0 Å². The monoisotopic (exact) mass is 445 g/mol. The lowest BCUT2D eigenvalue weighted by atomic mass is 10.1. The van der Waals surface area contributed by atoms with Crippen LogP contribution < -0.4 is 4.72 Å². The standard InChI is InChI=1S/C25H16FNO4S/c26-23-15-17(10-14-22(23)25(28)29)9-11-19-6-3-4-8-24(19)27-32(30,31)21-13-12-18-5-1-2-7-20(18)16-21/h1-8,10,12-16,27H,(H,28,29). The molecule has 0 unspecified atom stereocenters. The zero-order chi connectivity index (χ0) is 22.7. The number of para-hydroxylation sites is 1. The van der Waals surface area contributed by atoms with Gasteiger partial charge in [-0.2, -0.15) is 0 Å². The number of fused-ring (bicyclic) bond motifs is 1. The van der Waals surface area contributed by atoms with Crippen LogP contribution in [0, 0.1) is 17.7 Å². The summed E-state index contributed by atoms with van der Waals surface area (Å²) in [6.45, 7) is 0. The van der Waals surface area contributed by atoms with E-state index in [4.69, 9.17) is 5.11 Å². The molecule has 0 heterocycles. The van der Waals surface area contributed by atoms with E-state index in [0.29, 0.717) is 5.56 Å². The number of hydrogen-bond donors (Lipinski definition) is 2. The Morgan fingerprint density at radius 2 is 1.56 bits per heavy atom. The van der Waals surface area contributed by atoms with Gasteiger partial charge in [0.2, 0.25) is 0 Å². The maximum atomic E-state index is 13.9. The number of benzene rings is 4. The van der Waals surface area contributed by atoms with Crippen LogP contribution in [0.25, 0.3) is 10.8 Å². The second-order valence-electron chi connectivity index (χ2n) is 6.91. The number of rotatable bonds is 4. The third kappa shape index (κ3) is 4.46. The molecule has 0 aliphatic heterocycles. The molecule has 32 heavy (non-hydrogen) atoms. The SMILES string of the molecule is O=C(O)c1ccc(C#Cc2ccccc2NS(=O)(=O)c2ccc3ccccc3c2)cc1F. The van der Waals surface area contributed by atoms with Gasteiger partial charge < -0.3 is 5.11 Å². The van der Waals surface area contributed by atoms with Crippen molar-refractivity contribution < 1.29 is 22.7 Å². The number of halogens is 1. The lowest BCUT2D eigenvalue weighted by molar-refractivity contribution is 0.0692. The van der Waals surface area contributed by atoms with Crippen molar-refractivity contribution in [3.63, 3.8) is 0 Å². The van der Waals surface area contributed by atoms with E-state index in [0.717, 1.165) is 22.9 Å². The van der Waals surface area contributed by atoms with Crippen LogP contribution in [0.1, 0.15) is 21.5 Å². The lowest BCUT2D eigenvalue weighted by Gasteiger charge is -2.10. The Morgan fingerprint density at radius 3 is 2.31 bits per heavy atom. The van der Waals surface area contributed by atoms with E-state index in [9.17, 15) is 17.6 Å². The molecule has 5 nitrogen and oxygen atoms in total. The molecule has 4 rings (SSSR count). The Bertz CT molecular complexity index is 1520. The van der Waals surface area contributed by atoms with Crippen molar-refractivity contribution in [3.8, 4) is 11.8 Å². The summed E-state index contributed by atoms with van der Waals surface area (Å²) in [5.74, 6) is 3.30. The van der Waals surface area contributed by atoms with Gasteiger partial charge in [-0.25, -0.2) is 17.6 Å². The van der Waals surface area contributed by atoms with Crippen molar-refractivity contribution >= 4 is 32.5 Å².